The van der Waals surface area contributed by atoms with E-state index in [9.17, 15) is 4.79 Å². The lowest BCUT2D eigenvalue weighted by Gasteiger charge is -2.37. The van der Waals surface area contributed by atoms with E-state index in [0.717, 1.165) is 27.8 Å². The standard InChI is InChI=1S/C33H34FNO3/c1-4-38-33(36)22-32(29-18-28(19-30(34)20-29)27-16-11-17-31(21-27)37-3)35(23-25-12-7-5-8-13-25)24(2)26-14-9-6-10-15-26/h5-21,24,32H,4,22-23H2,1-3H3. The van der Waals surface area contributed by atoms with Gasteiger partial charge in [0.2, 0.25) is 0 Å². The van der Waals surface area contributed by atoms with Gasteiger partial charge in [0.25, 0.3) is 0 Å². The van der Waals surface area contributed by atoms with Crippen molar-refractivity contribution < 1.29 is 18.7 Å². The minimum atomic E-state index is -0.426. The first-order valence-corrected chi connectivity index (χ1v) is 12.9. The molecule has 4 nitrogen and oxygen atoms in total. The lowest BCUT2D eigenvalue weighted by molar-refractivity contribution is -0.145. The Kier molecular flexibility index (Phi) is 9.28. The molecule has 0 heterocycles. The highest BCUT2D eigenvalue weighted by atomic mass is 19.1. The fraction of sp³-hybridized carbons (Fsp3) is 0.242. The molecule has 0 spiro atoms. The van der Waals surface area contributed by atoms with Crippen LogP contribution >= 0.6 is 0 Å². The van der Waals surface area contributed by atoms with Gasteiger partial charge in [-0.05, 0) is 72.0 Å². The third-order valence-corrected chi connectivity index (χ3v) is 6.76. The van der Waals surface area contributed by atoms with Crippen molar-refractivity contribution in [2.45, 2.75) is 38.9 Å². The van der Waals surface area contributed by atoms with Crippen LogP contribution in [0.3, 0.4) is 0 Å². The summed E-state index contributed by atoms with van der Waals surface area (Å²) in [5, 5.41) is 0. The van der Waals surface area contributed by atoms with Gasteiger partial charge in [-0.25, -0.2) is 4.39 Å². The second-order valence-electron chi connectivity index (χ2n) is 9.27. The first-order chi connectivity index (χ1) is 18.5. The second kappa shape index (κ2) is 13.0. The highest BCUT2D eigenvalue weighted by Crippen LogP contribution is 2.37. The molecule has 4 aromatic rings. The summed E-state index contributed by atoms with van der Waals surface area (Å²) in [7, 11) is 1.61. The van der Waals surface area contributed by atoms with Crippen LogP contribution in [0.25, 0.3) is 11.1 Å². The molecule has 2 unspecified atom stereocenters. The molecule has 0 saturated heterocycles. The maximum atomic E-state index is 15.2. The molecule has 5 heteroatoms. The molecule has 0 bridgehead atoms. The van der Waals surface area contributed by atoms with Crippen LogP contribution in [0, 0.1) is 5.82 Å². The van der Waals surface area contributed by atoms with E-state index in [4.69, 9.17) is 9.47 Å². The van der Waals surface area contributed by atoms with Crippen LogP contribution in [-0.4, -0.2) is 24.6 Å². The summed E-state index contributed by atoms with van der Waals surface area (Å²) in [6, 6.07) is 32.4. The largest absolute Gasteiger partial charge is 0.497 e. The van der Waals surface area contributed by atoms with Gasteiger partial charge in [-0.2, -0.15) is 0 Å². The van der Waals surface area contributed by atoms with Gasteiger partial charge in [-0.15, -0.1) is 0 Å². The number of hydrogen-bond donors (Lipinski definition) is 0. The Morgan fingerprint density at radius 1 is 0.842 bits per heavy atom. The Morgan fingerprint density at radius 2 is 1.55 bits per heavy atom. The Morgan fingerprint density at radius 3 is 2.24 bits per heavy atom. The Labute approximate surface area is 224 Å². The van der Waals surface area contributed by atoms with Gasteiger partial charge in [0.05, 0.1) is 20.1 Å². The van der Waals surface area contributed by atoms with Gasteiger partial charge in [0.1, 0.15) is 11.6 Å². The first kappa shape index (κ1) is 27.1. The van der Waals surface area contributed by atoms with Gasteiger partial charge in [0.15, 0.2) is 0 Å². The average Bonchev–Trinajstić information content (AvgIpc) is 2.95. The third-order valence-electron chi connectivity index (χ3n) is 6.76. The van der Waals surface area contributed by atoms with Crippen molar-refractivity contribution >= 4 is 5.97 Å². The maximum Gasteiger partial charge on any atom is 0.307 e. The van der Waals surface area contributed by atoms with Crippen LogP contribution < -0.4 is 4.74 Å². The molecule has 0 N–H and O–H groups in total. The van der Waals surface area contributed by atoms with E-state index in [1.54, 1.807) is 14.0 Å². The van der Waals surface area contributed by atoms with Crippen LogP contribution in [0.15, 0.2) is 103 Å². The molecule has 0 aliphatic rings. The van der Waals surface area contributed by atoms with E-state index in [2.05, 4.69) is 36.1 Å². The summed E-state index contributed by atoms with van der Waals surface area (Å²) in [5.41, 5.74) is 4.50. The number of hydrogen-bond acceptors (Lipinski definition) is 4. The molecule has 196 valence electrons. The zero-order valence-electron chi connectivity index (χ0n) is 22.1. The Hall–Kier alpha value is -3.96. The predicted molar refractivity (Wildman–Crippen MR) is 149 cm³/mol. The van der Waals surface area contributed by atoms with E-state index >= 15 is 4.39 Å². The molecule has 0 aliphatic heterocycles. The average molecular weight is 512 g/mol. The van der Waals surface area contributed by atoms with E-state index in [0.29, 0.717) is 12.3 Å². The SMILES string of the molecule is CCOC(=O)CC(c1cc(F)cc(-c2cccc(OC)c2)c1)N(Cc1ccccc1)C(C)c1ccccc1. The number of ether oxygens (including phenoxy) is 2. The minimum Gasteiger partial charge on any atom is -0.497 e. The van der Waals surface area contributed by atoms with Crippen LogP contribution in [0.4, 0.5) is 4.39 Å². The molecular weight excluding hydrogens is 477 g/mol. The molecule has 0 fully saturated rings. The molecule has 0 saturated carbocycles. The number of carbonyl (C=O) groups excluding carboxylic acids is 1. The molecule has 38 heavy (non-hydrogen) atoms. The van der Waals surface area contributed by atoms with Crippen LogP contribution in [-0.2, 0) is 16.1 Å². The van der Waals surface area contributed by atoms with Gasteiger partial charge >= 0.3 is 5.97 Å². The zero-order valence-corrected chi connectivity index (χ0v) is 22.1. The third kappa shape index (κ3) is 6.87. The maximum absolute atomic E-state index is 15.2. The highest BCUT2D eigenvalue weighted by Gasteiger charge is 2.29. The van der Waals surface area contributed by atoms with Crippen molar-refractivity contribution in [2.75, 3.05) is 13.7 Å². The van der Waals surface area contributed by atoms with E-state index in [-0.39, 0.29) is 30.9 Å². The van der Waals surface area contributed by atoms with Gasteiger partial charge in [-0.3, -0.25) is 9.69 Å². The summed E-state index contributed by atoms with van der Waals surface area (Å²) in [6.07, 6.45) is 0.0961. The molecule has 4 rings (SSSR count). The van der Waals surface area contributed by atoms with Crippen molar-refractivity contribution in [1.29, 1.82) is 0 Å². The predicted octanol–water partition coefficient (Wildman–Crippen LogP) is 7.76. The number of esters is 1. The normalized spacial score (nSPS) is 12.7. The van der Waals surface area contributed by atoms with Crippen LogP contribution in [0.1, 0.15) is 49.0 Å². The summed E-state index contributed by atoms with van der Waals surface area (Å²) < 4.78 is 26.0. The molecule has 0 aromatic heterocycles. The topological polar surface area (TPSA) is 38.8 Å². The van der Waals surface area contributed by atoms with E-state index in [1.165, 1.54) is 12.1 Å². The lowest BCUT2D eigenvalue weighted by atomic mass is 9.93. The minimum absolute atomic E-state index is 0.0561. The quantitative estimate of drug-likeness (QED) is 0.193. The number of nitrogens with zero attached hydrogens (tertiary/aromatic N) is 1. The molecule has 0 amide bonds. The zero-order chi connectivity index (χ0) is 26.9. The van der Waals surface area contributed by atoms with E-state index < -0.39 is 6.04 Å². The van der Waals surface area contributed by atoms with Crippen molar-refractivity contribution in [3.05, 3.63) is 126 Å². The fourth-order valence-corrected chi connectivity index (χ4v) is 4.81. The molecular formula is C33H34FNO3. The number of methoxy groups -OCH3 is 1. The fourth-order valence-electron chi connectivity index (χ4n) is 4.81. The molecule has 4 aromatic carbocycles. The van der Waals surface area contributed by atoms with E-state index in [1.807, 2.05) is 66.7 Å². The highest BCUT2D eigenvalue weighted by molar-refractivity contribution is 5.71. The number of rotatable bonds is 11. The Balaban J connectivity index is 1.83. The van der Waals surface area contributed by atoms with Gasteiger partial charge in [-0.1, -0.05) is 72.8 Å². The lowest BCUT2D eigenvalue weighted by Crippen LogP contribution is -2.33. The molecule has 0 radical (unpaired) electrons. The van der Waals surface area contributed by atoms with Crippen molar-refractivity contribution in [2.24, 2.45) is 0 Å². The second-order valence-corrected chi connectivity index (χ2v) is 9.27. The molecule has 2 atom stereocenters. The number of halogens is 1. The molecule has 0 aliphatic carbocycles. The Bertz CT molecular complexity index is 1330. The monoisotopic (exact) mass is 511 g/mol. The van der Waals surface area contributed by atoms with Gasteiger partial charge < -0.3 is 9.47 Å². The van der Waals surface area contributed by atoms with Crippen molar-refractivity contribution in [3.8, 4) is 16.9 Å². The summed E-state index contributed by atoms with van der Waals surface area (Å²) >= 11 is 0. The van der Waals surface area contributed by atoms with Crippen molar-refractivity contribution in [3.63, 3.8) is 0 Å². The summed E-state index contributed by atoms with van der Waals surface area (Å²) in [5.74, 6) is 0.0176. The smallest absolute Gasteiger partial charge is 0.307 e. The first-order valence-electron chi connectivity index (χ1n) is 12.9. The summed E-state index contributed by atoms with van der Waals surface area (Å²) in [6.45, 7) is 4.78. The van der Waals surface area contributed by atoms with Crippen LogP contribution in [0.5, 0.6) is 5.75 Å². The van der Waals surface area contributed by atoms with Gasteiger partial charge in [0, 0.05) is 18.6 Å². The van der Waals surface area contributed by atoms with Crippen molar-refractivity contribution in [1.82, 2.24) is 4.90 Å². The van der Waals surface area contributed by atoms with Crippen LogP contribution in [0.2, 0.25) is 0 Å². The number of benzene rings is 4. The summed E-state index contributed by atoms with van der Waals surface area (Å²) in [4.78, 5) is 15.2. The number of carbonyl (C=O) groups is 1.